The fraction of sp³-hybridized carbons (Fsp3) is 0.158. The Labute approximate surface area is 159 Å². The number of nitrogens with zero attached hydrogens (tertiary/aromatic N) is 4. The van der Waals surface area contributed by atoms with Crippen LogP contribution in [0.5, 0.6) is 0 Å². The molecule has 2 aromatic heterocycles. The lowest BCUT2D eigenvalue weighted by molar-refractivity contribution is 0.0747. The van der Waals surface area contributed by atoms with Gasteiger partial charge in [0.1, 0.15) is 5.69 Å². The zero-order valence-corrected chi connectivity index (χ0v) is 15.4. The molecule has 3 aromatic rings. The molecule has 7 heteroatoms. The minimum atomic E-state index is -0.0492. The fourth-order valence-electron chi connectivity index (χ4n) is 3.21. The Morgan fingerprint density at radius 1 is 1.23 bits per heavy atom. The standard InChI is InChI=1S/C19H16BrN5O/c20-16-8-3-9-21-17(16)11-18-14-6-1-2-7-15(14)19(26)25(18)10-4-5-13-12-22-24-23-13/h1-9,12,18H,10-11H2,(H,22,23,24)/b5-4+. The summed E-state index contributed by atoms with van der Waals surface area (Å²) < 4.78 is 0.954. The van der Waals surface area contributed by atoms with Crippen LogP contribution in [0.3, 0.4) is 0 Å². The van der Waals surface area contributed by atoms with Gasteiger partial charge >= 0.3 is 0 Å². The number of carbonyl (C=O) groups is 1. The Balaban J connectivity index is 1.62. The molecule has 4 rings (SSSR count). The summed E-state index contributed by atoms with van der Waals surface area (Å²) in [6, 6.07) is 11.6. The van der Waals surface area contributed by atoms with Gasteiger partial charge in [0.2, 0.25) is 0 Å². The lowest BCUT2D eigenvalue weighted by atomic mass is 10.0. The second-order valence-corrected chi connectivity index (χ2v) is 6.85. The topological polar surface area (TPSA) is 74.8 Å². The van der Waals surface area contributed by atoms with E-state index in [1.165, 1.54) is 0 Å². The van der Waals surface area contributed by atoms with Crippen LogP contribution in [0, 0.1) is 0 Å². The average Bonchev–Trinajstić information content (AvgIpc) is 3.26. The van der Waals surface area contributed by atoms with Crippen LogP contribution in [0.4, 0.5) is 0 Å². The molecule has 1 unspecified atom stereocenters. The summed E-state index contributed by atoms with van der Waals surface area (Å²) in [5.74, 6) is 0.0439. The van der Waals surface area contributed by atoms with Crippen LogP contribution < -0.4 is 0 Å². The summed E-state index contributed by atoms with van der Waals surface area (Å²) in [7, 11) is 0. The molecule has 1 amide bonds. The average molecular weight is 410 g/mol. The monoisotopic (exact) mass is 409 g/mol. The first-order chi connectivity index (χ1) is 12.7. The van der Waals surface area contributed by atoms with E-state index in [1.54, 1.807) is 12.4 Å². The minimum Gasteiger partial charge on any atom is -0.327 e. The van der Waals surface area contributed by atoms with Crippen LogP contribution in [0.2, 0.25) is 0 Å². The number of nitrogens with one attached hydrogen (secondary N) is 1. The zero-order chi connectivity index (χ0) is 17.9. The van der Waals surface area contributed by atoms with Crippen molar-refractivity contribution in [3.63, 3.8) is 0 Å². The van der Waals surface area contributed by atoms with Crippen LogP contribution in [0.25, 0.3) is 6.08 Å². The predicted octanol–water partition coefficient (Wildman–Crippen LogP) is 3.42. The molecule has 26 heavy (non-hydrogen) atoms. The lowest BCUT2D eigenvalue weighted by Gasteiger charge is -2.24. The molecule has 1 aromatic carbocycles. The number of benzene rings is 1. The number of halogens is 1. The Hall–Kier alpha value is -2.80. The maximum Gasteiger partial charge on any atom is 0.255 e. The Morgan fingerprint density at radius 3 is 2.92 bits per heavy atom. The summed E-state index contributed by atoms with van der Waals surface area (Å²) in [6.45, 7) is 0.496. The molecule has 0 saturated carbocycles. The van der Waals surface area contributed by atoms with Gasteiger partial charge in [-0.3, -0.25) is 14.9 Å². The fourth-order valence-corrected chi connectivity index (χ4v) is 3.62. The number of carbonyl (C=O) groups excluding carboxylic acids is 1. The minimum absolute atomic E-state index is 0.0439. The van der Waals surface area contributed by atoms with Crippen LogP contribution in [-0.2, 0) is 6.42 Å². The molecule has 0 fully saturated rings. The van der Waals surface area contributed by atoms with E-state index < -0.39 is 0 Å². The first-order valence-electron chi connectivity index (χ1n) is 8.26. The van der Waals surface area contributed by atoms with Crippen molar-refractivity contribution in [1.29, 1.82) is 0 Å². The smallest absolute Gasteiger partial charge is 0.255 e. The predicted molar refractivity (Wildman–Crippen MR) is 101 cm³/mol. The highest BCUT2D eigenvalue weighted by molar-refractivity contribution is 9.10. The quantitative estimate of drug-likeness (QED) is 0.700. The second-order valence-electron chi connectivity index (χ2n) is 6.00. The Bertz CT molecular complexity index is 954. The molecule has 0 aliphatic carbocycles. The van der Waals surface area contributed by atoms with Gasteiger partial charge in [0.25, 0.3) is 5.91 Å². The molecular weight excluding hydrogens is 394 g/mol. The van der Waals surface area contributed by atoms with Crippen molar-refractivity contribution < 1.29 is 4.79 Å². The van der Waals surface area contributed by atoms with Crippen molar-refractivity contribution in [1.82, 2.24) is 25.3 Å². The summed E-state index contributed by atoms with van der Waals surface area (Å²) in [5.41, 5.74) is 3.48. The van der Waals surface area contributed by atoms with Gasteiger partial charge in [-0.25, -0.2) is 0 Å². The van der Waals surface area contributed by atoms with Gasteiger partial charge in [0, 0.05) is 35.4 Å². The zero-order valence-electron chi connectivity index (χ0n) is 13.8. The van der Waals surface area contributed by atoms with Gasteiger partial charge in [-0.1, -0.05) is 29.5 Å². The first kappa shape index (κ1) is 16.7. The maximum absolute atomic E-state index is 12.9. The maximum atomic E-state index is 12.9. The van der Waals surface area contributed by atoms with Gasteiger partial charge in [-0.2, -0.15) is 0 Å². The molecule has 0 spiro atoms. The SMILES string of the molecule is O=C1c2ccccc2C(Cc2ncccc2Br)N1C/C=C/c1c[nH]nn1. The molecule has 3 heterocycles. The van der Waals surface area contributed by atoms with Crippen LogP contribution in [0.15, 0.2) is 59.3 Å². The Kier molecular flexibility index (Phi) is 4.62. The molecule has 0 radical (unpaired) electrons. The highest BCUT2D eigenvalue weighted by Gasteiger charge is 2.36. The van der Waals surface area contributed by atoms with E-state index in [0.29, 0.717) is 13.0 Å². The molecule has 1 N–H and O–H groups in total. The third-order valence-electron chi connectivity index (χ3n) is 4.44. The number of hydrogen-bond acceptors (Lipinski definition) is 4. The number of pyridine rings is 1. The molecule has 1 aliphatic rings. The highest BCUT2D eigenvalue weighted by Crippen LogP contribution is 2.36. The van der Waals surface area contributed by atoms with Crippen LogP contribution >= 0.6 is 15.9 Å². The van der Waals surface area contributed by atoms with Gasteiger partial charge in [0.15, 0.2) is 0 Å². The number of aromatic nitrogens is 4. The van der Waals surface area contributed by atoms with Crippen molar-refractivity contribution in [2.24, 2.45) is 0 Å². The molecule has 130 valence electrons. The van der Waals surface area contributed by atoms with Crippen LogP contribution in [0.1, 0.15) is 33.4 Å². The van der Waals surface area contributed by atoms with Crippen molar-refractivity contribution in [2.75, 3.05) is 6.54 Å². The number of H-pyrrole nitrogens is 1. The number of aromatic amines is 1. The highest BCUT2D eigenvalue weighted by atomic mass is 79.9. The summed E-state index contributed by atoms with van der Waals surface area (Å²) in [6.07, 6.45) is 7.93. The summed E-state index contributed by atoms with van der Waals surface area (Å²) in [5, 5.41) is 10.3. The molecule has 1 aliphatic heterocycles. The van der Waals surface area contributed by atoms with E-state index in [2.05, 4.69) is 36.3 Å². The van der Waals surface area contributed by atoms with E-state index in [1.807, 2.05) is 53.5 Å². The Morgan fingerprint density at radius 2 is 2.12 bits per heavy atom. The van der Waals surface area contributed by atoms with Gasteiger partial charge in [-0.15, -0.1) is 5.10 Å². The largest absolute Gasteiger partial charge is 0.327 e. The normalized spacial score (nSPS) is 16.4. The third-order valence-corrected chi connectivity index (χ3v) is 5.16. The van der Waals surface area contributed by atoms with Crippen molar-refractivity contribution >= 4 is 27.9 Å². The van der Waals surface area contributed by atoms with Crippen LogP contribution in [-0.4, -0.2) is 37.7 Å². The number of amides is 1. The molecular formula is C19H16BrN5O. The van der Waals surface area contributed by atoms with Gasteiger partial charge in [0.05, 0.1) is 11.7 Å². The van der Waals surface area contributed by atoms with E-state index in [0.717, 1.165) is 27.0 Å². The lowest BCUT2D eigenvalue weighted by Crippen LogP contribution is -2.29. The molecule has 1 atom stereocenters. The number of hydrogen-bond donors (Lipinski definition) is 1. The molecule has 0 bridgehead atoms. The molecule has 6 nitrogen and oxygen atoms in total. The van der Waals surface area contributed by atoms with Crippen molar-refractivity contribution in [2.45, 2.75) is 12.5 Å². The van der Waals surface area contributed by atoms with E-state index in [9.17, 15) is 4.79 Å². The van der Waals surface area contributed by atoms with E-state index >= 15 is 0 Å². The van der Waals surface area contributed by atoms with Gasteiger partial charge in [-0.05, 0) is 45.8 Å². The third kappa shape index (κ3) is 3.17. The summed E-state index contributed by atoms with van der Waals surface area (Å²) >= 11 is 3.56. The second kappa shape index (κ2) is 7.21. The first-order valence-corrected chi connectivity index (χ1v) is 9.05. The molecule has 0 saturated heterocycles. The van der Waals surface area contributed by atoms with Crippen molar-refractivity contribution in [3.8, 4) is 0 Å². The number of rotatable bonds is 5. The van der Waals surface area contributed by atoms with E-state index in [-0.39, 0.29) is 11.9 Å². The summed E-state index contributed by atoms with van der Waals surface area (Å²) in [4.78, 5) is 19.2. The van der Waals surface area contributed by atoms with Crippen molar-refractivity contribution in [3.05, 3.63) is 81.9 Å². The number of fused-ring (bicyclic) bond motifs is 1. The van der Waals surface area contributed by atoms with Gasteiger partial charge < -0.3 is 4.90 Å². The van der Waals surface area contributed by atoms with E-state index in [4.69, 9.17) is 0 Å².